The molecule has 92 valence electrons. The van der Waals surface area contributed by atoms with Crippen LogP contribution >= 0.6 is 0 Å². The number of carbonyl (C=O) groups excluding carboxylic acids is 1. The number of rotatable bonds is 4. The van der Waals surface area contributed by atoms with Crippen molar-refractivity contribution in [2.24, 2.45) is 11.1 Å². The minimum absolute atomic E-state index is 0.0405. The van der Waals surface area contributed by atoms with E-state index in [2.05, 4.69) is 5.32 Å². The molecular formula is C12H17N3O2. The Morgan fingerprint density at radius 1 is 1.53 bits per heavy atom. The first kappa shape index (κ1) is 11.9. The van der Waals surface area contributed by atoms with E-state index in [1.165, 1.54) is 6.07 Å². The van der Waals surface area contributed by atoms with Crippen LogP contribution in [0.4, 0.5) is 5.69 Å². The highest BCUT2D eigenvalue weighted by atomic mass is 16.2. The van der Waals surface area contributed by atoms with Crippen LogP contribution in [0, 0.1) is 5.41 Å². The van der Waals surface area contributed by atoms with Crippen LogP contribution in [0.25, 0.3) is 0 Å². The van der Waals surface area contributed by atoms with Crippen molar-refractivity contribution in [3.8, 4) is 0 Å². The van der Waals surface area contributed by atoms with Crippen LogP contribution in [0.1, 0.15) is 19.8 Å². The van der Waals surface area contributed by atoms with Crippen LogP contribution in [-0.4, -0.2) is 17.0 Å². The van der Waals surface area contributed by atoms with Crippen molar-refractivity contribution in [1.82, 2.24) is 4.57 Å². The average molecular weight is 235 g/mol. The van der Waals surface area contributed by atoms with E-state index >= 15 is 0 Å². The van der Waals surface area contributed by atoms with Crippen molar-refractivity contribution < 1.29 is 4.79 Å². The predicted octanol–water partition coefficient (Wildman–Crippen LogP) is 0.546. The Bertz CT molecular complexity index is 489. The Kier molecular flexibility index (Phi) is 3.02. The summed E-state index contributed by atoms with van der Waals surface area (Å²) < 4.78 is 1.55. The van der Waals surface area contributed by atoms with Crippen LogP contribution in [0.3, 0.4) is 0 Å². The largest absolute Gasteiger partial charge is 0.329 e. The number of nitrogens with one attached hydrogen (secondary N) is 1. The number of anilines is 1. The molecular weight excluding hydrogens is 218 g/mol. The maximum atomic E-state index is 11.9. The maximum Gasteiger partial charge on any atom is 0.250 e. The fraction of sp³-hybridized carbons (Fsp3) is 0.500. The van der Waals surface area contributed by atoms with E-state index in [-0.39, 0.29) is 16.9 Å². The molecule has 0 spiro atoms. The fourth-order valence-electron chi connectivity index (χ4n) is 1.79. The van der Waals surface area contributed by atoms with Crippen molar-refractivity contribution in [2.45, 2.75) is 26.3 Å². The summed E-state index contributed by atoms with van der Waals surface area (Å²) in [6.07, 6.45) is 3.36. The molecule has 0 bridgehead atoms. The fourth-order valence-corrected chi connectivity index (χ4v) is 1.79. The molecule has 1 aromatic heterocycles. The van der Waals surface area contributed by atoms with Crippen molar-refractivity contribution in [3.05, 3.63) is 28.7 Å². The van der Waals surface area contributed by atoms with Gasteiger partial charge in [-0.25, -0.2) is 0 Å². The summed E-state index contributed by atoms with van der Waals surface area (Å²) in [5.74, 6) is -0.0405. The number of amides is 1. The third-order valence-electron chi connectivity index (χ3n) is 3.31. The first-order valence-electron chi connectivity index (χ1n) is 5.83. The van der Waals surface area contributed by atoms with E-state index in [9.17, 15) is 9.59 Å². The van der Waals surface area contributed by atoms with Gasteiger partial charge in [-0.1, -0.05) is 0 Å². The Morgan fingerprint density at radius 3 is 2.76 bits per heavy atom. The lowest BCUT2D eigenvalue weighted by Gasteiger charge is -2.13. The standard InChI is InChI=1S/C12H17N3O2/c1-2-15-7-9(3-4-10(15)16)14-11(17)12(8-13)5-6-12/h3-4,7H,2,5-6,8,13H2,1H3,(H,14,17). The summed E-state index contributed by atoms with van der Waals surface area (Å²) in [5.41, 5.74) is 5.80. The van der Waals surface area contributed by atoms with Crippen LogP contribution in [0.2, 0.25) is 0 Å². The van der Waals surface area contributed by atoms with Gasteiger partial charge in [-0.3, -0.25) is 9.59 Å². The number of aryl methyl sites for hydroxylation is 1. The van der Waals surface area contributed by atoms with Crippen LogP contribution in [0.15, 0.2) is 23.1 Å². The third-order valence-corrected chi connectivity index (χ3v) is 3.31. The number of hydrogen-bond donors (Lipinski definition) is 2. The van der Waals surface area contributed by atoms with Gasteiger partial charge >= 0.3 is 0 Å². The van der Waals surface area contributed by atoms with Crippen LogP contribution < -0.4 is 16.6 Å². The minimum atomic E-state index is -0.368. The van der Waals surface area contributed by atoms with E-state index in [0.29, 0.717) is 18.8 Å². The normalized spacial score (nSPS) is 16.6. The van der Waals surface area contributed by atoms with Gasteiger partial charge in [-0.15, -0.1) is 0 Å². The molecule has 1 aliphatic carbocycles. The number of nitrogens with two attached hydrogens (primary N) is 1. The van der Waals surface area contributed by atoms with E-state index in [1.54, 1.807) is 16.8 Å². The zero-order chi connectivity index (χ0) is 12.5. The Hall–Kier alpha value is -1.62. The highest BCUT2D eigenvalue weighted by molar-refractivity contribution is 5.97. The second kappa shape index (κ2) is 4.33. The average Bonchev–Trinajstić information content (AvgIpc) is 3.12. The smallest absolute Gasteiger partial charge is 0.250 e. The second-order valence-corrected chi connectivity index (χ2v) is 4.48. The summed E-state index contributed by atoms with van der Waals surface area (Å²) in [6.45, 7) is 2.85. The molecule has 5 nitrogen and oxygen atoms in total. The summed E-state index contributed by atoms with van der Waals surface area (Å²) in [6, 6.07) is 3.08. The third kappa shape index (κ3) is 2.24. The van der Waals surface area contributed by atoms with Gasteiger partial charge in [-0.2, -0.15) is 0 Å². The van der Waals surface area contributed by atoms with E-state index in [0.717, 1.165) is 12.8 Å². The zero-order valence-corrected chi connectivity index (χ0v) is 9.90. The number of pyridine rings is 1. The van der Waals surface area contributed by atoms with Crippen molar-refractivity contribution in [2.75, 3.05) is 11.9 Å². The van der Waals surface area contributed by atoms with Gasteiger partial charge in [0.15, 0.2) is 0 Å². The number of hydrogen-bond acceptors (Lipinski definition) is 3. The summed E-state index contributed by atoms with van der Waals surface area (Å²) >= 11 is 0. The topological polar surface area (TPSA) is 77.1 Å². The first-order chi connectivity index (χ1) is 8.11. The molecule has 0 saturated heterocycles. The molecule has 0 aromatic carbocycles. The molecule has 17 heavy (non-hydrogen) atoms. The highest BCUT2D eigenvalue weighted by Crippen LogP contribution is 2.45. The highest BCUT2D eigenvalue weighted by Gasteiger charge is 2.48. The van der Waals surface area contributed by atoms with Gasteiger partial charge in [0.25, 0.3) is 5.56 Å². The van der Waals surface area contributed by atoms with Crippen molar-refractivity contribution in [1.29, 1.82) is 0 Å². The molecule has 1 aromatic rings. The SMILES string of the molecule is CCn1cc(NC(=O)C2(CN)CC2)ccc1=O. The zero-order valence-electron chi connectivity index (χ0n) is 9.90. The van der Waals surface area contributed by atoms with Gasteiger partial charge < -0.3 is 15.6 Å². The molecule has 0 aliphatic heterocycles. The first-order valence-corrected chi connectivity index (χ1v) is 5.83. The minimum Gasteiger partial charge on any atom is -0.329 e. The molecule has 1 heterocycles. The lowest BCUT2D eigenvalue weighted by Crippen LogP contribution is -2.31. The van der Waals surface area contributed by atoms with Gasteiger partial charge in [0.05, 0.1) is 11.1 Å². The lowest BCUT2D eigenvalue weighted by atomic mass is 10.1. The van der Waals surface area contributed by atoms with E-state index in [4.69, 9.17) is 5.73 Å². The van der Waals surface area contributed by atoms with Gasteiger partial charge in [0.1, 0.15) is 0 Å². The molecule has 2 rings (SSSR count). The maximum absolute atomic E-state index is 11.9. The summed E-state index contributed by atoms with van der Waals surface area (Å²) in [7, 11) is 0. The molecule has 0 atom stereocenters. The summed E-state index contributed by atoms with van der Waals surface area (Å²) in [4.78, 5) is 23.3. The van der Waals surface area contributed by atoms with Crippen LogP contribution in [0.5, 0.6) is 0 Å². The molecule has 1 fully saturated rings. The Balaban J connectivity index is 2.14. The van der Waals surface area contributed by atoms with Crippen molar-refractivity contribution in [3.63, 3.8) is 0 Å². The van der Waals surface area contributed by atoms with E-state index < -0.39 is 0 Å². The lowest BCUT2D eigenvalue weighted by molar-refractivity contribution is -0.120. The molecule has 1 aliphatic rings. The number of aromatic nitrogens is 1. The predicted molar refractivity (Wildman–Crippen MR) is 65.7 cm³/mol. The van der Waals surface area contributed by atoms with Crippen molar-refractivity contribution >= 4 is 11.6 Å². The second-order valence-electron chi connectivity index (χ2n) is 4.48. The Labute approximate surface area is 99.6 Å². The summed E-state index contributed by atoms with van der Waals surface area (Å²) in [5, 5.41) is 2.82. The van der Waals surface area contributed by atoms with Gasteiger partial charge in [0.2, 0.25) is 5.91 Å². The van der Waals surface area contributed by atoms with Gasteiger partial charge in [-0.05, 0) is 25.8 Å². The molecule has 0 unspecified atom stereocenters. The van der Waals surface area contributed by atoms with Crippen LogP contribution in [-0.2, 0) is 11.3 Å². The molecule has 0 radical (unpaired) electrons. The van der Waals surface area contributed by atoms with Gasteiger partial charge in [0, 0.05) is 25.4 Å². The Morgan fingerprint density at radius 2 is 2.24 bits per heavy atom. The quantitative estimate of drug-likeness (QED) is 0.800. The van der Waals surface area contributed by atoms with E-state index in [1.807, 2.05) is 6.92 Å². The number of carbonyl (C=O) groups is 1. The monoisotopic (exact) mass is 235 g/mol. The molecule has 1 amide bonds. The molecule has 3 N–H and O–H groups in total. The molecule has 5 heteroatoms. The molecule has 1 saturated carbocycles. The number of nitrogens with zero attached hydrogens (tertiary/aromatic N) is 1.